The van der Waals surface area contributed by atoms with E-state index in [1.54, 1.807) is 0 Å². The monoisotopic (exact) mass is 1180 g/mol. The molecule has 13 heteroatoms. The predicted octanol–water partition coefficient (Wildman–Crippen LogP) is 15.3. The van der Waals surface area contributed by atoms with Gasteiger partial charge in [-0.1, -0.05) is 158 Å². The number of ether oxygens (including phenoxy) is 4. The molecule has 0 rings (SSSR count). The van der Waals surface area contributed by atoms with Crippen molar-refractivity contribution in [1.82, 2.24) is 37.2 Å². The summed E-state index contributed by atoms with van der Waals surface area (Å²) < 4.78 is 21.8. The van der Waals surface area contributed by atoms with E-state index in [1.807, 2.05) is 23.5 Å². The first-order valence-electron chi connectivity index (χ1n) is 33.7. The molecule has 0 aliphatic heterocycles. The van der Waals surface area contributed by atoms with Crippen LogP contribution in [0.4, 0.5) is 0 Å². The second-order valence-corrected chi connectivity index (χ2v) is 28.7. The van der Waals surface area contributed by atoms with Crippen LogP contribution in [0.2, 0.25) is 0 Å². The first-order chi connectivity index (χ1) is 38.1. The van der Waals surface area contributed by atoms with E-state index in [1.165, 1.54) is 162 Å². The van der Waals surface area contributed by atoms with Crippen molar-refractivity contribution in [2.24, 2.45) is 23.7 Å². The minimum atomic E-state index is 0.538. The smallest absolute Gasteiger partial charge is 0.0701 e. The number of hydrogen-bond donors (Lipinski definition) is 7. The van der Waals surface area contributed by atoms with Gasteiger partial charge in [-0.25, -0.2) is 0 Å². The topological polar surface area (TPSA) is 121 Å². The number of rotatable bonds is 55. The molecule has 0 saturated carbocycles. The molecule has 80 heavy (non-hydrogen) atoms. The van der Waals surface area contributed by atoms with Crippen molar-refractivity contribution in [3.05, 3.63) is 0 Å². The van der Waals surface area contributed by atoms with Crippen LogP contribution in [0.5, 0.6) is 0 Å². The van der Waals surface area contributed by atoms with Gasteiger partial charge in [0.25, 0.3) is 0 Å². The largest absolute Gasteiger partial charge is 0.379 e. The van der Waals surface area contributed by atoms with Crippen molar-refractivity contribution in [2.75, 3.05) is 130 Å². The average Bonchev–Trinajstić information content (AvgIpc) is 3.37. The average molecular weight is 1180 g/mol. The van der Waals surface area contributed by atoms with Gasteiger partial charge in [0.2, 0.25) is 0 Å². The molecule has 0 radical (unpaired) electrons. The third kappa shape index (κ3) is 110. The summed E-state index contributed by atoms with van der Waals surface area (Å²) >= 11 is 3.87. The van der Waals surface area contributed by atoms with Gasteiger partial charge in [-0.05, 0) is 183 Å². The molecule has 0 aliphatic rings. The fourth-order valence-electron chi connectivity index (χ4n) is 7.45. The summed E-state index contributed by atoms with van der Waals surface area (Å²) in [7, 11) is 0. The highest BCUT2D eigenvalue weighted by Crippen LogP contribution is 2.09. The van der Waals surface area contributed by atoms with E-state index in [2.05, 4.69) is 176 Å². The van der Waals surface area contributed by atoms with E-state index in [0.717, 1.165) is 94.4 Å². The molecule has 0 atom stereocenters. The van der Waals surface area contributed by atoms with Crippen LogP contribution >= 0.6 is 23.5 Å². The van der Waals surface area contributed by atoms with E-state index >= 15 is 0 Å². The Balaban J connectivity index is -0.000000298. The predicted molar refractivity (Wildman–Crippen MR) is 367 cm³/mol. The summed E-state index contributed by atoms with van der Waals surface area (Å²) in [4.78, 5) is 0. The molecule has 0 fully saturated rings. The molecule has 0 aromatic heterocycles. The molecule has 0 heterocycles. The Kier molecular flexibility index (Phi) is 83.9. The van der Waals surface area contributed by atoms with Gasteiger partial charge in [-0.15, -0.1) is 0 Å². The van der Waals surface area contributed by atoms with E-state index in [-0.39, 0.29) is 0 Å². The standard InChI is InChI=1S/C19H43N3.C14H32N2.C13H29NO2.C12H26O2S2.C9H21N/c1-18(2)12-11-16-21-15-8-5-7-13-20-14-9-6-10-17-22-19(3)4;1-13(2)9-8-11-15-10-6-5-7-12-16-14(3)4;1-12(2)6-5-8-15-10-11-16-9-7-14-13(3)4;1-11(2)15-9-7-13-5-6-14-8-10-16-12(3)4;1-8(2)6-5-7-10-9(3)4/h18-22H,5-17H2,1-4H3;13-16H,5-12H2,1-4H3;12-14H,5-11H2,1-4H3;11-12H,5-10H2,1-4H3;8-10H,5-7H2,1-4H3. The molecule has 0 aliphatic carbocycles. The van der Waals surface area contributed by atoms with Crippen molar-refractivity contribution < 1.29 is 18.9 Å². The van der Waals surface area contributed by atoms with E-state index < -0.39 is 0 Å². The van der Waals surface area contributed by atoms with Gasteiger partial charge in [0.15, 0.2) is 0 Å². The summed E-state index contributed by atoms with van der Waals surface area (Å²) in [5.74, 6) is 5.50. The minimum Gasteiger partial charge on any atom is -0.379 e. The molecule has 11 nitrogen and oxygen atoms in total. The maximum absolute atomic E-state index is 5.47. The summed E-state index contributed by atoms with van der Waals surface area (Å²) in [6.45, 7) is 62.3. The highest BCUT2D eigenvalue weighted by molar-refractivity contribution is 8.00. The van der Waals surface area contributed by atoms with Crippen molar-refractivity contribution >= 4 is 23.5 Å². The Morgan fingerprint density at radius 1 is 0.237 bits per heavy atom. The minimum absolute atomic E-state index is 0.538. The van der Waals surface area contributed by atoms with Gasteiger partial charge in [0, 0.05) is 48.8 Å². The lowest BCUT2D eigenvalue weighted by Crippen LogP contribution is -2.27. The highest BCUT2D eigenvalue weighted by Gasteiger charge is 2.01. The number of thioether (sulfide) groups is 2. The Bertz CT molecular complexity index is 905. The second-order valence-electron chi connectivity index (χ2n) is 25.3. The van der Waals surface area contributed by atoms with Gasteiger partial charge >= 0.3 is 0 Å². The zero-order valence-electron chi connectivity index (χ0n) is 57.9. The third-order valence-corrected chi connectivity index (χ3v) is 14.3. The van der Waals surface area contributed by atoms with Gasteiger partial charge in [-0.3, -0.25) is 0 Å². The van der Waals surface area contributed by atoms with Crippen LogP contribution in [0.1, 0.15) is 248 Å². The SMILES string of the molecule is CC(C)CCCNC(C)C.CC(C)CCCNCCCCCNC(C)C.CC(C)CCCNCCCCCNCCCCCNC(C)C.CC(C)CCCOCCOCCNC(C)C.CC(C)SCCOCCOCCSC(C)C. The van der Waals surface area contributed by atoms with Crippen molar-refractivity contribution in [2.45, 2.75) is 282 Å². The molecular weight excluding hydrogens is 1030 g/mol. The maximum atomic E-state index is 5.47. The van der Waals surface area contributed by atoms with Crippen LogP contribution in [0.25, 0.3) is 0 Å². The normalized spacial score (nSPS) is 11.6. The lowest BCUT2D eigenvalue weighted by atomic mass is 10.1. The molecule has 7 N–H and O–H groups in total. The van der Waals surface area contributed by atoms with Crippen LogP contribution < -0.4 is 37.2 Å². The molecule has 0 amide bonds. The number of unbranched alkanes of at least 4 members (excludes halogenated alkanes) is 6. The Hall–Kier alpha value is 0.260. The zero-order valence-corrected chi connectivity index (χ0v) is 59.5. The van der Waals surface area contributed by atoms with Gasteiger partial charge in [0.05, 0.1) is 46.2 Å². The van der Waals surface area contributed by atoms with Crippen LogP contribution in [0.3, 0.4) is 0 Å². The van der Waals surface area contributed by atoms with E-state index in [4.69, 9.17) is 18.9 Å². The Morgan fingerprint density at radius 2 is 0.487 bits per heavy atom. The molecule has 490 valence electrons. The summed E-state index contributed by atoms with van der Waals surface area (Å²) in [6.07, 6.45) is 22.4. The molecule has 0 aromatic rings. The highest BCUT2D eigenvalue weighted by atomic mass is 32.2. The fraction of sp³-hybridized carbons (Fsp3) is 1.00. The van der Waals surface area contributed by atoms with Crippen molar-refractivity contribution in [1.29, 1.82) is 0 Å². The molecule has 0 spiro atoms. The van der Waals surface area contributed by atoms with Crippen molar-refractivity contribution in [3.63, 3.8) is 0 Å². The zero-order chi connectivity index (χ0) is 61.1. The first-order valence-corrected chi connectivity index (χ1v) is 35.8. The molecule has 0 saturated heterocycles. The van der Waals surface area contributed by atoms with Crippen molar-refractivity contribution in [3.8, 4) is 0 Å². The van der Waals surface area contributed by atoms with Gasteiger partial charge in [-0.2, -0.15) is 23.5 Å². The number of hydrogen-bond acceptors (Lipinski definition) is 13. The summed E-state index contributed by atoms with van der Waals surface area (Å²) in [5, 5.41) is 25.7. The molecule has 0 aromatic carbocycles. The Morgan fingerprint density at radius 3 is 0.800 bits per heavy atom. The van der Waals surface area contributed by atoms with Crippen LogP contribution in [-0.4, -0.2) is 164 Å². The van der Waals surface area contributed by atoms with Crippen LogP contribution in [-0.2, 0) is 18.9 Å². The first kappa shape index (κ1) is 89.0. The van der Waals surface area contributed by atoms with Gasteiger partial charge in [0.1, 0.15) is 0 Å². The van der Waals surface area contributed by atoms with Crippen LogP contribution in [0.15, 0.2) is 0 Å². The van der Waals surface area contributed by atoms with Crippen LogP contribution in [0, 0.1) is 23.7 Å². The quantitative estimate of drug-likeness (QED) is 0.0293. The third-order valence-electron chi connectivity index (χ3n) is 12.1. The van der Waals surface area contributed by atoms with E-state index in [0.29, 0.717) is 41.3 Å². The summed E-state index contributed by atoms with van der Waals surface area (Å²) in [6, 6.07) is 2.44. The Labute approximate surface area is 512 Å². The fourth-order valence-corrected chi connectivity index (χ4v) is 8.82. The lowest BCUT2D eigenvalue weighted by molar-refractivity contribution is 0.0463. The lowest BCUT2D eigenvalue weighted by Gasteiger charge is -2.09. The maximum Gasteiger partial charge on any atom is 0.0701 e. The molecular formula is C67H151N7O4S2. The second kappa shape index (κ2) is 75.4. The van der Waals surface area contributed by atoms with E-state index in [9.17, 15) is 0 Å². The van der Waals surface area contributed by atoms with Gasteiger partial charge < -0.3 is 56.2 Å². The molecule has 0 unspecified atom stereocenters. The summed E-state index contributed by atoms with van der Waals surface area (Å²) in [5.41, 5.74) is 0. The molecule has 0 bridgehead atoms. The number of nitrogens with one attached hydrogen (secondary N) is 7.